The van der Waals surface area contributed by atoms with Crippen LogP contribution in [0.25, 0.3) is 5.52 Å². The summed E-state index contributed by atoms with van der Waals surface area (Å²) < 4.78 is 7.21. The molecule has 14 heteroatoms. The minimum Gasteiger partial charge on any atom is -0.444 e. The number of hydrogen-bond acceptors (Lipinski definition) is 9. The van der Waals surface area contributed by atoms with Gasteiger partial charge in [-0.05, 0) is 95.5 Å². The van der Waals surface area contributed by atoms with Crippen molar-refractivity contribution in [3.05, 3.63) is 48.3 Å². The van der Waals surface area contributed by atoms with E-state index < -0.39 is 11.7 Å². The number of rotatable bonds is 9. The van der Waals surface area contributed by atoms with Gasteiger partial charge in [0.2, 0.25) is 17.0 Å². The third-order valence-corrected chi connectivity index (χ3v) is 8.25. The number of nitrogens with zero attached hydrogens (tertiary/aromatic N) is 5. The predicted molar refractivity (Wildman–Crippen MR) is 171 cm³/mol. The molecule has 1 aromatic carbocycles. The molecule has 1 saturated carbocycles. The fourth-order valence-electron chi connectivity index (χ4n) is 5.12. The molecule has 3 aromatic heterocycles. The Morgan fingerprint density at radius 2 is 1.84 bits per heavy atom. The van der Waals surface area contributed by atoms with Gasteiger partial charge in [0.05, 0.1) is 11.9 Å². The van der Waals surface area contributed by atoms with E-state index in [1.165, 1.54) is 11.8 Å². The first kappa shape index (κ1) is 30.4. The molecule has 0 bridgehead atoms. The number of likely N-dealkylation sites (tertiary alicyclic amines) is 1. The summed E-state index contributed by atoms with van der Waals surface area (Å²) in [4.78, 5) is 45.2. The van der Waals surface area contributed by atoms with Crippen LogP contribution in [-0.4, -0.2) is 65.8 Å². The first-order chi connectivity index (χ1) is 21.5. The average Bonchev–Trinajstić information content (AvgIpc) is 3.37. The summed E-state index contributed by atoms with van der Waals surface area (Å²) in [7, 11) is 0. The van der Waals surface area contributed by atoms with Crippen molar-refractivity contribution < 1.29 is 19.1 Å². The lowest BCUT2D eigenvalue weighted by Gasteiger charge is -2.28. The zero-order valence-corrected chi connectivity index (χ0v) is 26.5. The van der Waals surface area contributed by atoms with Crippen molar-refractivity contribution in [1.82, 2.24) is 29.7 Å². The van der Waals surface area contributed by atoms with Crippen molar-refractivity contribution in [3.63, 3.8) is 0 Å². The number of hydrogen-bond donors (Lipinski definition) is 4. The minimum atomic E-state index is -0.603. The number of fused-ring (bicyclic) bond motifs is 1. The molecule has 45 heavy (non-hydrogen) atoms. The van der Waals surface area contributed by atoms with E-state index >= 15 is 0 Å². The van der Waals surface area contributed by atoms with Crippen molar-refractivity contribution in [2.24, 2.45) is 5.92 Å². The number of anilines is 4. The fourth-order valence-corrected chi connectivity index (χ4v) is 5.87. The van der Waals surface area contributed by atoms with E-state index in [9.17, 15) is 14.4 Å². The molecule has 13 nitrogen and oxygen atoms in total. The summed E-state index contributed by atoms with van der Waals surface area (Å²) in [6.45, 7) is 7.97. The maximum absolute atomic E-state index is 13.1. The van der Waals surface area contributed by atoms with Gasteiger partial charge in [-0.25, -0.2) is 14.3 Å². The maximum Gasteiger partial charge on any atom is 0.410 e. The van der Waals surface area contributed by atoms with Gasteiger partial charge in [-0.15, -0.1) is 5.10 Å². The third-order valence-electron chi connectivity index (χ3n) is 7.39. The van der Waals surface area contributed by atoms with Crippen LogP contribution in [0.15, 0.2) is 52.6 Å². The molecule has 0 unspecified atom stereocenters. The highest BCUT2D eigenvalue weighted by atomic mass is 32.2. The lowest BCUT2D eigenvalue weighted by atomic mass is 10.1. The molecule has 4 aromatic rings. The molecule has 1 aliphatic carbocycles. The van der Waals surface area contributed by atoms with Gasteiger partial charge in [0.1, 0.15) is 11.1 Å². The van der Waals surface area contributed by atoms with Crippen LogP contribution in [0.3, 0.4) is 0 Å². The highest BCUT2D eigenvalue weighted by Gasteiger charge is 2.33. The maximum atomic E-state index is 13.1. The Kier molecular flexibility index (Phi) is 8.40. The van der Waals surface area contributed by atoms with Crippen molar-refractivity contribution in [1.29, 1.82) is 0 Å². The zero-order chi connectivity index (χ0) is 31.7. The number of nitrogens with one attached hydrogen (secondary N) is 4. The Morgan fingerprint density at radius 1 is 1.07 bits per heavy atom. The summed E-state index contributed by atoms with van der Waals surface area (Å²) in [6, 6.07) is 11.0. The Morgan fingerprint density at radius 3 is 2.53 bits per heavy atom. The second-order valence-corrected chi connectivity index (χ2v) is 13.5. The van der Waals surface area contributed by atoms with E-state index in [1.807, 2.05) is 58.0 Å². The lowest BCUT2D eigenvalue weighted by molar-refractivity contribution is -0.118. The number of ether oxygens (including phenoxy) is 1. The summed E-state index contributed by atoms with van der Waals surface area (Å²) in [5, 5.41) is 21.5. The normalized spacial score (nSPS) is 16.5. The highest BCUT2D eigenvalue weighted by Crippen LogP contribution is 2.32. The van der Waals surface area contributed by atoms with Gasteiger partial charge in [-0.3, -0.25) is 14.7 Å². The standard InChI is InChI=1S/C31H37N9O4S/c1-18-14-25(37-36-18)34-27-24-15-21(32-26(41)16-22-6-5-13-39(22)30(43)44-31(2,3)4)17-40(24)38-29(35-27)45-23-11-9-20(10-12-23)33-28(42)19-7-8-19/h9-12,14-15,17,19,22H,5-8,13,16H2,1-4H3,(H,32,41)(H,33,42)(H2,34,35,36,37,38)/t22-/m0/s1. The average molecular weight is 632 g/mol. The van der Waals surface area contributed by atoms with Crippen LogP contribution < -0.4 is 16.0 Å². The number of carbonyl (C=O) groups excluding carboxylic acids is 3. The van der Waals surface area contributed by atoms with Gasteiger partial charge in [0, 0.05) is 47.3 Å². The molecule has 1 saturated heterocycles. The number of aromatic amines is 1. The van der Waals surface area contributed by atoms with E-state index in [4.69, 9.17) is 14.8 Å². The largest absolute Gasteiger partial charge is 0.444 e. The van der Waals surface area contributed by atoms with Crippen molar-refractivity contribution in [3.8, 4) is 0 Å². The molecule has 4 heterocycles. The van der Waals surface area contributed by atoms with Gasteiger partial charge in [0.25, 0.3) is 0 Å². The molecule has 1 aliphatic heterocycles. The molecule has 2 aliphatic rings. The number of carbonyl (C=O) groups is 3. The van der Waals surface area contributed by atoms with Crippen LogP contribution in [0.1, 0.15) is 58.6 Å². The zero-order valence-electron chi connectivity index (χ0n) is 25.7. The van der Waals surface area contributed by atoms with Gasteiger partial charge in [-0.2, -0.15) is 5.10 Å². The summed E-state index contributed by atoms with van der Waals surface area (Å²) >= 11 is 1.37. The van der Waals surface area contributed by atoms with Crippen molar-refractivity contribution in [2.45, 2.75) is 81.5 Å². The van der Waals surface area contributed by atoms with Crippen LogP contribution in [0.5, 0.6) is 0 Å². The van der Waals surface area contributed by atoms with Crippen LogP contribution >= 0.6 is 11.8 Å². The first-order valence-electron chi connectivity index (χ1n) is 15.1. The second kappa shape index (κ2) is 12.4. The number of aryl methyl sites for hydroxylation is 1. The first-order valence-corrected chi connectivity index (χ1v) is 15.9. The molecular weight excluding hydrogens is 594 g/mol. The van der Waals surface area contributed by atoms with Crippen molar-refractivity contribution in [2.75, 3.05) is 22.5 Å². The molecule has 0 radical (unpaired) electrons. The smallest absolute Gasteiger partial charge is 0.410 e. The molecule has 0 spiro atoms. The van der Waals surface area contributed by atoms with Crippen LogP contribution in [0.4, 0.5) is 27.8 Å². The quantitative estimate of drug-likeness (QED) is 0.181. The van der Waals surface area contributed by atoms with Crippen LogP contribution in [0, 0.1) is 12.8 Å². The van der Waals surface area contributed by atoms with Crippen molar-refractivity contribution >= 4 is 58.2 Å². The number of amides is 3. The molecule has 2 fully saturated rings. The summed E-state index contributed by atoms with van der Waals surface area (Å²) in [6.07, 6.45) is 4.96. The monoisotopic (exact) mass is 631 g/mol. The second-order valence-electron chi connectivity index (χ2n) is 12.5. The van der Waals surface area contributed by atoms with E-state index in [0.717, 1.165) is 42.0 Å². The van der Waals surface area contributed by atoms with Gasteiger partial charge in [0.15, 0.2) is 11.6 Å². The number of aromatic nitrogens is 5. The Balaban J connectivity index is 1.18. The number of benzene rings is 1. The molecule has 6 rings (SSSR count). The predicted octanol–water partition coefficient (Wildman–Crippen LogP) is 5.73. The Bertz CT molecular complexity index is 1720. The summed E-state index contributed by atoms with van der Waals surface area (Å²) in [5.41, 5.74) is 2.23. The number of H-pyrrole nitrogens is 1. The Hall–Kier alpha value is -4.59. The van der Waals surface area contributed by atoms with E-state index in [1.54, 1.807) is 21.7 Å². The van der Waals surface area contributed by atoms with E-state index in [2.05, 4.69) is 26.1 Å². The molecular formula is C31H37N9O4S. The SMILES string of the molecule is Cc1cc(Nc2nc(Sc3ccc(NC(=O)C4CC4)cc3)nn3cc(NC(=O)C[C@@H]4CCCN4C(=O)OC(C)(C)C)cc23)n[nH]1. The molecule has 236 valence electrons. The Labute approximate surface area is 264 Å². The van der Waals surface area contributed by atoms with Crippen LogP contribution in [0.2, 0.25) is 0 Å². The molecule has 4 N–H and O–H groups in total. The topological polar surface area (TPSA) is 159 Å². The third kappa shape index (κ3) is 7.74. The summed E-state index contributed by atoms with van der Waals surface area (Å²) in [5.74, 6) is 1.09. The minimum absolute atomic E-state index is 0.0626. The van der Waals surface area contributed by atoms with E-state index in [-0.39, 0.29) is 30.2 Å². The van der Waals surface area contributed by atoms with Gasteiger partial charge in [-0.1, -0.05) is 0 Å². The van der Waals surface area contributed by atoms with Gasteiger partial charge < -0.3 is 25.6 Å². The highest BCUT2D eigenvalue weighted by molar-refractivity contribution is 7.99. The fraction of sp³-hybridized carbons (Fsp3) is 0.419. The van der Waals surface area contributed by atoms with Crippen LogP contribution in [-0.2, 0) is 14.3 Å². The lowest BCUT2D eigenvalue weighted by Crippen LogP contribution is -2.41. The molecule has 1 atom stereocenters. The van der Waals surface area contributed by atoms with E-state index in [0.29, 0.717) is 34.5 Å². The molecule has 3 amide bonds. The van der Waals surface area contributed by atoms with Gasteiger partial charge >= 0.3 is 6.09 Å².